The van der Waals surface area contributed by atoms with E-state index >= 15 is 0 Å². The van der Waals surface area contributed by atoms with Crippen molar-refractivity contribution >= 4 is 0 Å². The van der Waals surface area contributed by atoms with Crippen LogP contribution >= 0.6 is 0 Å². The fourth-order valence-corrected chi connectivity index (χ4v) is 2.82. The smallest absolute Gasteiger partial charge is 0.0122 e. The maximum atomic E-state index is 2.72. The van der Waals surface area contributed by atoms with Gasteiger partial charge in [0.2, 0.25) is 0 Å². The van der Waals surface area contributed by atoms with Crippen molar-refractivity contribution < 1.29 is 0 Å². The fraction of sp³-hybridized carbons (Fsp3) is 1.00. The first-order valence-electron chi connectivity index (χ1n) is 5.70. The first-order valence-corrected chi connectivity index (χ1v) is 5.70. The SMILES string of the molecule is C[C@@H]1CCCC1N1CCN(C)CC1. The highest BCUT2D eigenvalue weighted by atomic mass is 15.3. The quantitative estimate of drug-likeness (QED) is 0.605. The van der Waals surface area contributed by atoms with Crippen LogP contribution in [0.25, 0.3) is 0 Å². The van der Waals surface area contributed by atoms with Crippen LogP contribution in [0.2, 0.25) is 0 Å². The third-order valence-corrected chi connectivity index (χ3v) is 3.82. The van der Waals surface area contributed by atoms with Crippen molar-refractivity contribution in [1.82, 2.24) is 9.80 Å². The lowest BCUT2D eigenvalue weighted by atomic mass is 10.0. The average molecular weight is 182 g/mol. The first kappa shape index (κ1) is 9.47. The summed E-state index contributed by atoms with van der Waals surface area (Å²) in [7, 11) is 2.23. The van der Waals surface area contributed by atoms with E-state index in [0.717, 1.165) is 12.0 Å². The topological polar surface area (TPSA) is 6.48 Å². The second kappa shape index (κ2) is 3.97. The van der Waals surface area contributed by atoms with Crippen LogP contribution in [0.3, 0.4) is 0 Å². The molecule has 0 spiro atoms. The number of nitrogens with zero attached hydrogens (tertiary/aromatic N) is 2. The zero-order valence-electron chi connectivity index (χ0n) is 9.00. The van der Waals surface area contributed by atoms with Crippen molar-refractivity contribution in [3.8, 4) is 0 Å². The first-order chi connectivity index (χ1) is 6.27. The van der Waals surface area contributed by atoms with Gasteiger partial charge in [-0.15, -0.1) is 0 Å². The van der Waals surface area contributed by atoms with Gasteiger partial charge in [0.05, 0.1) is 0 Å². The van der Waals surface area contributed by atoms with Crippen LogP contribution in [0, 0.1) is 5.92 Å². The van der Waals surface area contributed by atoms with Gasteiger partial charge in [-0.3, -0.25) is 4.90 Å². The van der Waals surface area contributed by atoms with E-state index in [-0.39, 0.29) is 0 Å². The molecule has 13 heavy (non-hydrogen) atoms. The largest absolute Gasteiger partial charge is 0.304 e. The molecule has 0 aromatic carbocycles. The Morgan fingerprint density at radius 1 is 1.00 bits per heavy atom. The number of hydrogen-bond acceptors (Lipinski definition) is 2. The van der Waals surface area contributed by atoms with E-state index in [9.17, 15) is 0 Å². The van der Waals surface area contributed by atoms with E-state index < -0.39 is 0 Å². The van der Waals surface area contributed by atoms with Crippen LogP contribution in [0.15, 0.2) is 0 Å². The summed E-state index contributed by atoms with van der Waals surface area (Å²) < 4.78 is 0. The van der Waals surface area contributed by atoms with Gasteiger partial charge in [-0.25, -0.2) is 0 Å². The van der Waals surface area contributed by atoms with Crippen molar-refractivity contribution in [1.29, 1.82) is 0 Å². The molecule has 76 valence electrons. The Hall–Kier alpha value is -0.0800. The van der Waals surface area contributed by atoms with E-state index in [0.29, 0.717) is 0 Å². The molecule has 2 fully saturated rings. The van der Waals surface area contributed by atoms with E-state index in [1.165, 1.54) is 45.4 Å². The second-order valence-electron chi connectivity index (χ2n) is 4.81. The normalized spacial score (nSPS) is 38.3. The van der Waals surface area contributed by atoms with Crippen molar-refractivity contribution in [3.05, 3.63) is 0 Å². The molecule has 0 N–H and O–H groups in total. The molecular weight excluding hydrogens is 160 g/mol. The molecule has 0 amide bonds. The lowest BCUT2D eigenvalue weighted by molar-refractivity contribution is 0.0958. The van der Waals surface area contributed by atoms with Crippen LogP contribution in [-0.2, 0) is 0 Å². The van der Waals surface area contributed by atoms with Gasteiger partial charge in [0.15, 0.2) is 0 Å². The summed E-state index contributed by atoms with van der Waals surface area (Å²) in [4.78, 5) is 5.16. The Kier molecular flexibility index (Phi) is 2.89. The van der Waals surface area contributed by atoms with E-state index in [2.05, 4.69) is 23.8 Å². The summed E-state index contributed by atoms with van der Waals surface area (Å²) in [6.45, 7) is 7.56. The molecule has 2 rings (SSSR count). The van der Waals surface area contributed by atoms with Crippen molar-refractivity contribution in [2.45, 2.75) is 32.2 Å². The maximum Gasteiger partial charge on any atom is 0.0122 e. The molecule has 1 heterocycles. The Morgan fingerprint density at radius 2 is 1.69 bits per heavy atom. The highest BCUT2D eigenvalue weighted by Crippen LogP contribution is 2.29. The monoisotopic (exact) mass is 182 g/mol. The molecule has 1 saturated carbocycles. The Labute approximate surface area is 81.9 Å². The molecule has 0 aromatic heterocycles. The average Bonchev–Trinajstić information content (AvgIpc) is 2.53. The Bertz CT molecular complexity index is 161. The molecule has 2 nitrogen and oxygen atoms in total. The highest BCUT2D eigenvalue weighted by Gasteiger charge is 2.30. The summed E-state index contributed by atoms with van der Waals surface area (Å²) >= 11 is 0. The van der Waals surface area contributed by atoms with Crippen LogP contribution in [0.5, 0.6) is 0 Å². The number of hydrogen-bond donors (Lipinski definition) is 0. The molecule has 2 heteroatoms. The van der Waals surface area contributed by atoms with Crippen molar-refractivity contribution in [2.75, 3.05) is 33.2 Å². The van der Waals surface area contributed by atoms with E-state index in [1.807, 2.05) is 0 Å². The molecule has 1 aliphatic heterocycles. The highest BCUT2D eigenvalue weighted by molar-refractivity contribution is 4.85. The minimum absolute atomic E-state index is 0.911. The summed E-state index contributed by atoms with van der Waals surface area (Å²) in [6.07, 6.45) is 4.36. The van der Waals surface area contributed by atoms with Crippen LogP contribution in [-0.4, -0.2) is 49.1 Å². The molecule has 0 aromatic rings. The number of likely N-dealkylation sites (N-methyl/N-ethyl adjacent to an activating group) is 1. The van der Waals surface area contributed by atoms with Gasteiger partial charge < -0.3 is 4.90 Å². The molecule has 1 aliphatic carbocycles. The van der Waals surface area contributed by atoms with Gasteiger partial charge in [-0.05, 0) is 25.8 Å². The number of rotatable bonds is 1. The summed E-state index contributed by atoms with van der Waals surface area (Å²) in [5, 5.41) is 0. The minimum Gasteiger partial charge on any atom is -0.304 e. The van der Waals surface area contributed by atoms with Gasteiger partial charge in [0.25, 0.3) is 0 Å². The number of piperazine rings is 1. The Morgan fingerprint density at radius 3 is 2.23 bits per heavy atom. The third-order valence-electron chi connectivity index (χ3n) is 3.82. The summed E-state index contributed by atoms with van der Waals surface area (Å²) in [5.74, 6) is 0.948. The molecule has 2 atom stereocenters. The lowest BCUT2D eigenvalue weighted by Gasteiger charge is -2.38. The van der Waals surface area contributed by atoms with E-state index in [4.69, 9.17) is 0 Å². The molecule has 0 bridgehead atoms. The summed E-state index contributed by atoms with van der Waals surface area (Å²) in [6, 6.07) is 0.911. The molecule has 1 saturated heterocycles. The van der Waals surface area contributed by atoms with Crippen molar-refractivity contribution in [2.24, 2.45) is 5.92 Å². The van der Waals surface area contributed by atoms with Gasteiger partial charge >= 0.3 is 0 Å². The maximum absolute atomic E-state index is 2.72. The van der Waals surface area contributed by atoms with Gasteiger partial charge in [0.1, 0.15) is 0 Å². The van der Waals surface area contributed by atoms with Gasteiger partial charge in [-0.2, -0.15) is 0 Å². The predicted molar refractivity (Wildman–Crippen MR) is 55.9 cm³/mol. The van der Waals surface area contributed by atoms with Crippen LogP contribution < -0.4 is 0 Å². The molecule has 2 aliphatic rings. The zero-order valence-corrected chi connectivity index (χ0v) is 9.00. The van der Waals surface area contributed by atoms with E-state index in [1.54, 1.807) is 0 Å². The van der Waals surface area contributed by atoms with Crippen LogP contribution in [0.4, 0.5) is 0 Å². The Balaban J connectivity index is 1.86. The standard InChI is InChI=1S/C11H22N2/c1-10-4-3-5-11(10)13-8-6-12(2)7-9-13/h10-11H,3-9H2,1-2H3/t10-,11?/m1/s1. The lowest BCUT2D eigenvalue weighted by Crippen LogP contribution is -2.49. The molecular formula is C11H22N2. The zero-order chi connectivity index (χ0) is 9.26. The summed E-state index contributed by atoms with van der Waals surface area (Å²) in [5.41, 5.74) is 0. The second-order valence-corrected chi connectivity index (χ2v) is 4.81. The third kappa shape index (κ3) is 2.05. The van der Waals surface area contributed by atoms with Crippen LogP contribution in [0.1, 0.15) is 26.2 Å². The molecule has 1 unspecified atom stereocenters. The van der Waals surface area contributed by atoms with Gasteiger partial charge in [-0.1, -0.05) is 13.3 Å². The predicted octanol–water partition coefficient (Wildman–Crippen LogP) is 1.42. The minimum atomic E-state index is 0.911. The molecule has 0 radical (unpaired) electrons. The fourth-order valence-electron chi connectivity index (χ4n) is 2.82. The van der Waals surface area contributed by atoms with Crippen molar-refractivity contribution in [3.63, 3.8) is 0 Å². The van der Waals surface area contributed by atoms with Gasteiger partial charge in [0, 0.05) is 32.2 Å².